The molecule has 0 aliphatic rings. The third-order valence-corrected chi connectivity index (χ3v) is 3.27. The fourth-order valence-corrected chi connectivity index (χ4v) is 1.94. The van der Waals surface area contributed by atoms with Crippen molar-refractivity contribution in [2.45, 2.75) is 19.9 Å². The van der Waals surface area contributed by atoms with E-state index in [9.17, 15) is 0 Å². The first-order chi connectivity index (χ1) is 9.15. The highest BCUT2D eigenvalue weighted by Crippen LogP contribution is 2.21. The van der Waals surface area contributed by atoms with Gasteiger partial charge < -0.3 is 10.1 Å². The maximum atomic E-state index is 5.14. The number of nitrogens with zero attached hydrogens (tertiary/aromatic N) is 2. The van der Waals surface area contributed by atoms with Crippen LogP contribution in [0, 0.1) is 6.92 Å². The van der Waals surface area contributed by atoms with Gasteiger partial charge in [0.1, 0.15) is 5.75 Å². The van der Waals surface area contributed by atoms with E-state index in [1.54, 1.807) is 7.11 Å². The molecule has 0 spiro atoms. The predicted molar refractivity (Wildman–Crippen MR) is 76.2 cm³/mol. The Balaban J connectivity index is 2.33. The molecule has 1 N–H and O–H groups in total. The standard InChI is InChI=1S/C15H19N3O/c1-10(16-3)14-9-17-15(18-11(14)2)12-5-7-13(19-4)8-6-12/h5-10,16H,1-4H3. The van der Waals surface area contributed by atoms with E-state index in [2.05, 4.69) is 22.2 Å². The van der Waals surface area contributed by atoms with Crippen LogP contribution in [0.3, 0.4) is 0 Å². The molecule has 1 heterocycles. The van der Waals surface area contributed by atoms with Gasteiger partial charge in [0.2, 0.25) is 0 Å². The maximum Gasteiger partial charge on any atom is 0.159 e. The lowest BCUT2D eigenvalue weighted by atomic mass is 10.1. The molecule has 0 fully saturated rings. The van der Waals surface area contributed by atoms with Gasteiger partial charge in [0.15, 0.2) is 5.82 Å². The largest absolute Gasteiger partial charge is 0.497 e. The Bertz CT molecular complexity index is 552. The molecule has 100 valence electrons. The minimum Gasteiger partial charge on any atom is -0.497 e. The minimum absolute atomic E-state index is 0.255. The molecule has 1 aromatic carbocycles. The molecule has 1 unspecified atom stereocenters. The lowest BCUT2D eigenvalue weighted by Crippen LogP contribution is -2.14. The molecule has 4 heteroatoms. The van der Waals surface area contributed by atoms with Gasteiger partial charge in [-0.2, -0.15) is 0 Å². The molecule has 0 aliphatic heterocycles. The number of rotatable bonds is 4. The molecule has 0 bridgehead atoms. The van der Waals surface area contributed by atoms with E-state index in [0.29, 0.717) is 0 Å². The summed E-state index contributed by atoms with van der Waals surface area (Å²) in [6.07, 6.45) is 1.89. The van der Waals surface area contributed by atoms with Crippen molar-refractivity contribution in [2.75, 3.05) is 14.2 Å². The van der Waals surface area contributed by atoms with Crippen molar-refractivity contribution in [3.63, 3.8) is 0 Å². The van der Waals surface area contributed by atoms with E-state index in [1.165, 1.54) is 0 Å². The molecule has 0 saturated heterocycles. The molecule has 4 nitrogen and oxygen atoms in total. The lowest BCUT2D eigenvalue weighted by molar-refractivity contribution is 0.415. The van der Waals surface area contributed by atoms with Crippen LogP contribution in [0.2, 0.25) is 0 Å². The average molecular weight is 257 g/mol. The highest BCUT2D eigenvalue weighted by Gasteiger charge is 2.10. The molecule has 1 aromatic heterocycles. The highest BCUT2D eigenvalue weighted by molar-refractivity contribution is 5.56. The van der Waals surface area contributed by atoms with Crippen LogP contribution < -0.4 is 10.1 Å². The van der Waals surface area contributed by atoms with Crippen molar-refractivity contribution >= 4 is 0 Å². The summed E-state index contributed by atoms with van der Waals surface area (Å²) in [6, 6.07) is 8.02. The minimum atomic E-state index is 0.255. The van der Waals surface area contributed by atoms with Crippen molar-refractivity contribution < 1.29 is 4.74 Å². The maximum absolute atomic E-state index is 5.14. The molecule has 0 saturated carbocycles. The second-order valence-electron chi connectivity index (χ2n) is 4.47. The zero-order valence-corrected chi connectivity index (χ0v) is 11.8. The van der Waals surface area contributed by atoms with Gasteiger partial charge in [-0.3, -0.25) is 0 Å². The van der Waals surface area contributed by atoms with Crippen molar-refractivity contribution in [3.8, 4) is 17.1 Å². The Kier molecular flexibility index (Phi) is 4.12. The summed E-state index contributed by atoms with van der Waals surface area (Å²) in [6.45, 7) is 4.11. The summed E-state index contributed by atoms with van der Waals surface area (Å²) >= 11 is 0. The summed E-state index contributed by atoms with van der Waals surface area (Å²) in [4.78, 5) is 9.02. The van der Waals surface area contributed by atoms with Gasteiger partial charge in [-0.1, -0.05) is 0 Å². The van der Waals surface area contributed by atoms with Gasteiger partial charge in [-0.25, -0.2) is 9.97 Å². The summed E-state index contributed by atoms with van der Waals surface area (Å²) < 4.78 is 5.14. The van der Waals surface area contributed by atoms with Crippen LogP contribution >= 0.6 is 0 Å². The highest BCUT2D eigenvalue weighted by atomic mass is 16.5. The number of hydrogen-bond acceptors (Lipinski definition) is 4. The number of benzene rings is 1. The molecule has 1 atom stereocenters. The van der Waals surface area contributed by atoms with Gasteiger partial charge >= 0.3 is 0 Å². The summed E-state index contributed by atoms with van der Waals surface area (Å²) in [5.74, 6) is 1.58. The van der Waals surface area contributed by atoms with Crippen LogP contribution in [0.5, 0.6) is 5.75 Å². The van der Waals surface area contributed by atoms with Gasteiger partial charge in [0.25, 0.3) is 0 Å². The van der Waals surface area contributed by atoms with Crippen LogP contribution in [0.4, 0.5) is 0 Å². The molecule has 0 amide bonds. The van der Waals surface area contributed by atoms with Gasteiger partial charge in [0.05, 0.1) is 7.11 Å². The van der Waals surface area contributed by atoms with Crippen molar-refractivity contribution in [3.05, 3.63) is 41.7 Å². The summed E-state index contributed by atoms with van der Waals surface area (Å²) in [5, 5.41) is 3.20. The Labute approximate surface area is 113 Å². The zero-order valence-electron chi connectivity index (χ0n) is 11.8. The number of nitrogens with one attached hydrogen (secondary N) is 1. The average Bonchev–Trinajstić information content (AvgIpc) is 2.46. The third kappa shape index (κ3) is 2.90. The Morgan fingerprint density at radius 3 is 2.42 bits per heavy atom. The lowest BCUT2D eigenvalue weighted by Gasteiger charge is -2.13. The quantitative estimate of drug-likeness (QED) is 0.915. The van der Waals surface area contributed by atoms with Crippen molar-refractivity contribution in [1.29, 1.82) is 0 Å². The van der Waals surface area contributed by atoms with Crippen LogP contribution in [0.1, 0.15) is 24.2 Å². The first-order valence-electron chi connectivity index (χ1n) is 6.31. The van der Waals surface area contributed by atoms with Gasteiger partial charge in [0, 0.05) is 29.1 Å². The first-order valence-corrected chi connectivity index (χ1v) is 6.31. The van der Waals surface area contributed by atoms with E-state index in [1.807, 2.05) is 44.4 Å². The molecule has 19 heavy (non-hydrogen) atoms. The number of aryl methyl sites for hydroxylation is 1. The van der Waals surface area contributed by atoms with E-state index in [0.717, 1.165) is 28.4 Å². The fraction of sp³-hybridized carbons (Fsp3) is 0.333. The first kappa shape index (κ1) is 13.5. The van der Waals surface area contributed by atoms with Crippen molar-refractivity contribution in [1.82, 2.24) is 15.3 Å². The van der Waals surface area contributed by atoms with E-state index in [-0.39, 0.29) is 6.04 Å². The van der Waals surface area contributed by atoms with Crippen LogP contribution in [0.25, 0.3) is 11.4 Å². The molecule has 2 rings (SSSR count). The molecule has 0 aliphatic carbocycles. The van der Waals surface area contributed by atoms with Gasteiger partial charge in [-0.15, -0.1) is 0 Å². The normalized spacial score (nSPS) is 12.2. The summed E-state index contributed by atoms with van der Waals surface area (Å²) in [7, 11) is 3.59. The van der Waals surface area contributed by atoms with Crippen molar-refractivity contribution in [2.24, 2.45) is 0 Å². The second kappa shape index (κ2) is 5.80. The third-order valence-electron chi connectivity index (χ3n) is 3.27. The van der Waals surface area contributed by atoms with E-state index < -0.39 is 0 Å². The number of hydrogen-bond donors (Lipinski definition) is 1. The monoisotopic (exact) mass is 257 g/mol. The molecule has 2 aromatic rings. The Hall–Kier alpha value is -1.94. The van der Waals surface area contributed by atoms with Gasteiger partial charge in [-0.05, 0) is 45.2 Å². The summed E-state index contributed by atoms with van der Waals surface area (Å²) in [5.41, 5.74) is 3.12. The molecular formula is C15H19N3O. The zero-order chi connectivity index (χ0) is 13.8. The smallest absolute Gasteiger partial charge is 0.159 e. The second-order valence-corrected chi connectivity index (χ2v) is 4.47. The topological polar surface area (TPSA) is 47.0 Å². The number of aromatic nitrogens is 2. The number of ether oxygens (including phenoxy) is 1. The van der Waals surface area contributed by atoms with E-state index in [4.69, 9.17) is 4.74 Å². The molecule has 0 radical (unpaired) electrons. The number of methoxy groups -OCH3 is 1. The van der Waals surface area contributed by atoms with Crippen LogP contribution in [0.15, 0.2) is 30.5 Å². The van der Waals surface area contributed by atoms with Crippen LogP contribution in [-0.2, 0) is 0 Å². The van der Waals surface area contributed by atoms with Crippen LogP contribution in [-0.4, -0.2) is 24.1 Å². The fourth-order valence-electron chi connectivity index (χ4n) is 1.94. The Morgan fingerprint density at radius 1 is 1.21 bits per heavy atom. The Morgan fingerprint density at radius 2 is 1.89 bits per heavy atom. The predicted octanol–water partition coefficient (Wildman–Crippen LogP) is 2.74. The SMILES string of the molecule is CNC(C)c1cnc(-c2ccc(OC)cc2)nc1C. The van der Waals surface area contributed by atoms with E-state index >= 15 is 0 Å². The molecular weight excluding hydrogens is 238 g/mol.